The molecule has 1 unspecified atom stereocenters. The van der Waals surface area contributed by atoms with Gasteiger partial charge in [0.25, 0.3) is 0 Å². The van der Waals surface area contributed by atoms with Crippen molar-refractivity contribution in [1.82, 2.24) is 14.8 Å². The van der Waals surface area contributed by atoms with Gasteiger partial charge in [-0.25, -0.2) is 4.39 Å². The van der Waals surface area contributed by atoms with E-state index in [-0.39, 0.29) is 0 Å². The van der Waals surface area contributed by atoms with Crippen molar-refractivity contribution in [1.29, 1.82) is 0 Å². The fraction of sp³-hybridized carbons (Fsp3) is 0.200. The molecule has 0 spiro atoms. The largest absolute Gasteiger partial charge is 0.383 e. The summed E-state index contributed by atoms with van der Waals surface area (Å²) in [6, 6.07) is 1.25. The Hall–Kier alpha value is -1.75. The molecular weight excluding hydrogens is 197 g/mol. The third-order valence-electron chi connectivity index (χ3n) is 2.08. The normalized spacial score (nSPS) is 12.7. The van der Waals surface area contributed by atoms with Gasteiger partial charge in [0, 0.05) is 30.6 Å². The van der Waals surface area contributed by atoms with Gasteiger partial charge in [0.2, 0.25) is 0 Å². The van der Waals surface area contributed by atoms with Gasteiger partial charge in [-0.2, -0.15) is 5.10 Å². The van der Waals surface area contributed by atoms with E-state index in [1.165, 1.54) is 18.5 Å². The van der Waals surface area contributed by atoms with Gasteiger partial charge in [0.15, 0.2) is 0 Å². The summed E-state index contributed by atoms with van der Waals surface area (Å²) in [5.74, 6) is -0.463. The molecular formula is C10H10FN3O. The van der Waals surface area contributed by atoms with E-state index in [4.69, 9.17) is 0 Å². The number of hydrogen-bond donors (Lipinski definition) is 1. The van der Waals surface area contributed by atoms with Crippen LogP contribution < -0.4 is 0 Å². The molecule has 1 atom stereocenters. The number of pyridine rings is 1. The summed E-state index contributed by atoms with van der Waals surface area (Å²) in [5.41, 5.74) is 1.04. The van der Waals surface area contributed by atoms with Crippen LogP contribution in [0.2, 0.25) is 0 Å². The minimum atomic E-state index is -0.887. The van der Waals surface area contributed by atoms with E-state index < -0.39 is 11.9 Å². The molecule has 2 rings (SSSR count). The Morgan fingerprint density at radius 1 is 1.33 bits per heavy atom. The van der Waals surface area contributed by atoms with E-state index in [1.807, 2.05) is 0 Å². The Labute approximate surface area is 86.0 Å². The molecule has 0 aromatic carbocycles. The first kappa shape index (κ1) is 9.79. The average Bonchev–Trinajstić information content (AvgIpc) is 2.64. The van der Waals surface area contributed by atoms with Crippen molar-refractivity contribution in [3.63, 3.8) is 0 Å². The number of halogens is 1. The molecule has 2 aromatic rings. The first-order valence-electron chi connectivity index (χ1n) is 4.44. The molecule has 0 fully saturated rings. The number of aliphatic hydroxyl groups is 1. The molecule has 0 radical (unpaired) electrons. The Balaban J connectivity index is 2.32. The SMILES string of the molecule is Cn1cc(C(O)c2cncc(F)c2)cn1. The average molecular weight is 207 g/mol. The molecule has 0 saturated heterocycles. The molecule has 0 aliphatic rings. The molecule has 0 aliphatic heterocycles. The van der Waals surface area contributed by atoms with E-state index in [1.54, 1.807) is 17.9 Å². The number of hydrogen-bond acceptors (Lipinski definition) is 3. The molecule has 5 heteroatoms. The van der Waals surface area contributed by atoms with Gasteiger partial charge >= 0.3 is 0 Å². The number of rotatable bonds is 2. The molecule has 2 aromatic heterocycles. The van der Waals surface area contributed by atoms with Crippen LogP contribution in [0.15, 0.2) is 30.9 Å². The first-order valence-corrected chi connectivity index (χ1v) is 4.44. The van der Waals surface area contributed by atoms with Crippen molar-refractivity contribution in [3.8, 4) is 0 Å². The highest BCUT2D eigenvalue weighted by Crippen LogP contribution is 2.20. The summed E-state index contributed by atoms with van der Waals surface area (Å²) in [4.78, 5) is 3.68. The van der Waals surface area contributed by atoms with Gasteiger partial charge in [-0.3, -0.25) is 9.67 Å². The Kier molecular flexibility index (Phi) is 2.47. The van der Waals surface area contributed by atoms with Gasteiger partial charge in [0.1, 0.15) is 11.9 Å². The van der Waals surface area contributed by atoms with Crippen LogP contribution in [-0.4, -0.2) is 19.9 Å². The fourth-order valence-electron chi connectivity index (χ4n) is 1.35. The lowest BCUT2D eigenvalue weighted by Crippen LogP contribution is -1.99. The zero-order valence-corrected chi connectivity index (χ0v) is 8.13. The molecule has 15 heavy (non-hydrogen) atoms. The van der Waals surface area contributed by atoms with Crippen molar-refractivity contribution in [2.24, 2.45) is 7.05 Å². The Morgan fingerprint density at radius 2 is 2.13 bits per heavy atom. The second-order valence-electron chi connectivity index (χ2n) is 3.29. The van der Waals surface area contributed by atoms with Crippen LogP contribution in [0.25, 0.3) is 0 Å². The van der Waals surface area contributed by atoms with Gasteiger partial charge in [-0.1, -0.05) is 0 Å². The van der Waals surface area contributed by atoms with Gasteiger partial charge < -0.3 is 5.11 Å². The van der Waals surface area contributed by atoms with Gasteiger partial charge in [-0.05, 0) is 6.07 Å². The maximum absolute atomic E-state index is 12.9. The standard InChI is InChI=1S/C10H10FN3O/c1-14-6-8(4-13-14)10(15)7-2-9(11)5-12-3-7/h2-6,10,15H,1H3. The highest BCUT2D eigenvalue weighted by Gasteiger charge is 2.12. The molecule has 0 amide bonds. The van der Waals surface area contributed by atoms with Crippen LogP contribution in [0.5, 0.6) is 0 Å². The highest BCUT2D eigenvalue weighted by atomic mass is 19.1. The van der Waals surface area contributed by atoms with Crippen molar-refractivity contribution in [2.45, 2.75) is 6.10 Å². The third kappa shape index (κ3) is 2.02. The van der Waals surface area contributed by atoms with E-state index in [2.05, 4.69) is 10.1 Å². The minimum absolute atomic E-state index is 0.419. The molecule has 0 bridgehead atoms. The van der Waals surface area contributed by atoms with E-state index >= 15 is 0 Å². The quantitative estimate of drug-likeness (QED) is 0.800. The zero-order chi connectivity index (χ0) is 10.8. The summed E-state index contributed by atoms with van der Waals surface area (Å²) in [6.45, 7) is 0. The third-order valence-corrected chi connectivity index (χ3v) is 2.08. The number of aryl methyl sites for hydroxylation is 1. The summed E-state index contributed by atoms with van der Waals surface area (Å²) in [7, 11) is 1.75. The topological polar surface area (TPSA) is 50.9 Å². The van der Waals surface area contributed by atoms with Crippen LogP contribution in [0, 0.1) is 5.82 Å². The summed E-state index contributed by atoms with van der Waals surface area (Å²) >= 11 is 0. The van der Waals surface area contributed by atoms with Crippen LogP contribution in [-0.2, 0) is 7.05 Å². The Morgan fingerprint density at radius 3 is 2.73 bits per heavy atom. The smallest absolute Gasteiger partial charge is 0.141 e. The van der Waals surface area contributed by atoms with Crippen LogP contribution in [0.4, 0.5) is 4.39 Å². The zero-order valence-electron chi connectivity index (χ0n) is 8.13. The predicted molar refractivity (Wildman–Crippen MR) is 51.5 cm³/mol. The van der Waals surface area contributed by atoms with Gasteiger partial charge in [0.05, 0.1) is 12.4 Å². The lowest BCUT2D eigenvalue weighted by atomic mass is 10.1. The number of nitrogens with zero attached hydrogens (tertiary/aromatic N) is 3. The fourth-order valence-corrected chi connectivity index (χ4v) is 1.35. The molecule has 0 saturated carbocycles. The lowest BCUT2D eigenvalue weighted by Gasteiger charge is -2.07. The summed E-state index contributed by atoms with van der Waals surface area (Å²) in [5, 5.41) is 13.8. The molecule has 0 aliphatic carbocycles. The second kappa shape index (κ2) is 3.78. The van der Waals surface area contributed by atoms with Crippen LogP contribution >= 0.6 is 0 Å². The molecule has 2 heterocycles. The second-order valence-corrected chi connectivity index (χ2v) is 3.29. The molecule has 1 N–H and O–H groups in total. The van der Waals surface area contributed by atoms with Gasteiger partial charge in [-0.15, -0.1) is 0 Å². The van der Waals surface area contributed by atoms with Crippen molar-refractivity contribution in [3.05, 3.63) is 47.8 Å². The van der Waals surface area contributed by atoms with Crippen LogP contribution in [0.3, 0.4) is 0 Å². The lowest BCUT2D eigenvalue weighted by molar-refractivity contribution is 0.219. The van der Waals surface area contributed by atoms with Crippen molar-refractivity contribution >= 4 is 0 Å². The van der Waals surface area contributed by atoms with E-state index in [0.29, 0.717) is 11.1 Å². The first-order chi connectivity index (χ1) is 7.16. The highest BCUT2D eigenvalue weighted by molar-refractivity contribution is 5.24. The molecule has 4 nitrogen and oxygen atoms in total. The van der Waals surface area contributed by atoms with Crippen molar-refractivity contribution in [2.75, 3.05) is 0 Å². The summed E-state index contributed by atoms with van der Waals surface area (Å²) < 4.78 is 14.4. The molecule has 78 valence electrons. The van der Waals surface area contributed by atoms with E-state index in [0.717, 1.165) is 6.20 Å². The summed E-state index contributed by atoms with van der Waals surface area (Å²) in [6.07, 6.45) is 4.85. The van der Waals surface area contributed by atoms with Crippen molar-refractivity contribution < 1.29 is 9.50 Å². The maximum atomic E-state index is 12.9. The number of aromatic nitrogens is 3. The monoisotopic (exact) mass is 207 g/mol. The maximum Gasteiger partial charge on any atom is 0.141 e. The predicted octanol–water partition coefficient (Wildman–Crippen LogP) is 1.04. The van der Waals surface area contributed by atoms with Crippen LogP contribution in [0.1, 0.15) is 17.2 Å². The Bertz CT molecular complexity index is 469. The minimum Gasteiger partial charge on any atom is -0.383 e. The van der Waals surface area contributed by atoms with E-state index in [9.17, 15) is 9.50 Å². The number of aliphatic hydroxyl groups excluding tert-OH is 1.